The van der Waals surface area contributed by atoms with Gasteiger partial charge in [-0.3, -0.25) is 0 Å². The van der Waals surface area contributed by atoms with Gasteiger partial charge in [0.1, 0.15) is 17.0 Å². The van der Waals surface area contributed by atoms with Gasteiger partial charge >= 0.3 is 0 Å². The highest BCUT2D eigenvalue weighted by molar-refractivity contribution is 7.16. The van der Waals surface area contributed by atoms with Crippen molar-refractivity contribution in [1.29, 1.82) is 0 Å². The van der Waals surface area contributed by atoms with Crippen LogP contribution >= 0.6 is 11.3 Å². The molecule has 0 aliphatic heterocycles. The molecule has 2 aromatic rings. The van der Waals surface area contributed by atoms with Crippen molar-refractivity contribution < 1.29 is 0 Å². The van der Waals surface area contributed by atoms with Crippen LogP contribution in [0.25, 0.3) is 10.2 Å². The van der Waals surface area contributed by atoms with Crippen molar-refractivity contribution in [3.63, 3.8) is 0 Å². The summed E-state index contributed by atoms with van der Waals surface area (Å²) in [5.74, 6) is 1.68. The molecule has 19 heavy (non-hydrogen) atoms. The van der Waals surface area contributed by atoms with Gasteiger partial charge in [-0.1, -0.05) is 6.42 Å². The minimum Gasteiger partial charge on any atom is -0.353 e. The maximum absolute atomic E-state index is 5.93. The lowest BCUT2D eigenvalue weighted by Gasteiger charge is -2.33. The summed E-state index contributed by atoms with van der Waals surface area (Å²) < 4.78 is 0. The molecule has 2 N–H and O–H groups in total. The van der Waals surface area contributed by atoms with Crippen LogP contribution in [0.1, 0.15) is 26.2 Å². The first kappa shape index (κ1) is 12.8. The SMILES string of the molecule is CCN(c1ncnc2sccc12)C1CCCC1CN. The van der Waals surface area contributed by atoms with Crippen molar-refractivity contribution >= 4 is 27.4 Å². The van der Waals surface area contributed by atoms with Gasteiger partial charge < -0.3 is 10.6 Å². The first-order chi connectivity index (χ1) is 9.35. The molecule has 1 saturated carbocycles. The van der Waals surface area contributed by atoms with Gasteiger partial charge in [-0.15, -0.1) is 11.3 Å². The minimum atomic E-state index is 0.535. The maximum atomic E-state index is 5.93. The Kier molecular flexibility index (Phi) is 3.66. The van der Waals surface area contributed by atoms with Gasteiger partial charge in [0.25, 0.3) is 0 Å². The second kappa shape index (κ2) is 5.43. The van der Waals surface area contributed by atoms with Gasteiger partial charge in [0, 0.05) is 12.6 Å². The normalized spacial score (nSPS) is 23.1. The molecule has 1 fully saturated rings. The topological polar surface area (TPSA) is 55.0 Å². The second-order valence-electron chi connectivity index (χ2n) is 5.12. The Morgan fingerprint density at radius 2 is 2.32 bits per heavy atom. The number of hydrogen-bond donors (Lipinski definition) is 1. The van der Waals surface area contributed by atoms with E-state index in [0.29, 0.717) is 12.0 Å². The summed E-state index contributed by atoms with van der Waals surface area (Å²) in [4.78, 5) is 12.4. The predicted octanol–water partition coefficient (Wildman–Crippen LogP) is 2.64. The van der Waals surface area contributed by atoms with Gasteiger partial charge in [-0.05, 0) is 43.7 Å². The van der Waals surface area contributed by atoms with Crippen LogP contribution in [0.3, 0.4) is 0 Å². The third-order valence-electron chi connectivity index (χ3n) is 4.18. The third kappa shape index (κ3) is 2.21. The number of hydrogen-bond acceptors (Lipinski definition) is 5. The largest absolute Gasteiger partial charge is 0.353 e. The third-order valence-corrected chi connectivity index (χ3v) is 5.00. The summed E-state index contributed by atoms with van der Waals surface area (Å²) in [6.07, 6.45) is 5.44. The number of rotatable bonds is 4. The number of aromatic nitrogens is 2. The zero-order valence-electron chi connectivity index (χ0n) is 11.2. The fourth-order valence-corrected chi connectivity index (χ4v) is 3.98. The molecule has 1 aliphatic carbocycles. The number of fused-ring (bicyclic) bond motifs is 1. The number of nitrogens with two attached hydrogens (primary N) is 1. The first-order valence-electron chi connectivity index (χ1n) is 7.00. The Morgan fingerprint density at radius 3 is 3.11 bits per heavy atom. The van der Waals surface area contributed by atoms with Gasteiger partial charge in [0.05, 0.1) is 5.39 Å². The molecule has 0 spiro atoms. The van der Waals surface area contributed by atoms with Crippen molar-refractivity contribution in [2.45, 2.75) is 32.2 Å². The molecule has 2 unspecified atom stereocenters. The summed E-state index contributed by atoms with van der Waals surface area (Å²) in [6.45, 7) is 3.95. The Morgan fingerprint density at radius 1 is 1.42 bits per heavy atom. The summed E-state index contributed by atoms with van der Waals surface area (Å²) >= 11 is 1.68. The van der Waals surface area contributed by atoms with Crippen LogP contribution in [0.2, 0.25) is 0 Å². The van der Waals surface area contributed by atoms with Gasteiger partial charge in [-0.25, -0.2) is 9.97 Å². The van der Waals surface area contributed by atoms with Crippen molar-refractivity contribution in [2.24, 2.45) is 11.7 Å². The number of anilines is 1. The highest BCUT2D eigenvalue weighted by Gasteiger charge is 2.32. The molecule has 2 heterocycles. The van der Waals surface area contributed by atoms with E-state index in [9.17, 15) is 0 Å². The quantitative estimate of drug-likeness (QED) is 0.932. The molecule has 0 saturated heterocycles. The molecule has 1 aliphatic rings. The molecule has 0 amide bonds. The van der Waals surface area contributed by atoms with E-state index in [1.54, 1.807) is 17.7 Å². The molecule has 5 heteroatoms. The molecule has 0 aromatic carbocycles. The van der Waals surface area contributed by atoms with Crippen molar-refractivity contribution in [2.75, 3.05) is 18.0 Å². The lowest BCUT2D eigenvalue weighted by Crippen LogP contribution is -2.41. The van der Waals surface area contributed by atoms with E-state index in [-0.39, 0.29) is 0 Å². The van der Waals surface area contributed by atoms with Crippen molar-refractivity contribution in [3.8, 4) is 0 Å². The lowest BCUT2D eigenvalue weighted by atomic mass is 10.0. The van der Waals surface area contributed by atoms with E-state index in [0.717, 1.165) is 23.7 Å². The zero-order valence-corrected chi connectivity index (χ0v) is 12.1. The Labute approximate surface area is 117 Å². The van der Waals surface area contributed by atoms with Crippen LogP contribution in [0.5, 0.6) is 0 Å². The van der Waals surface area contributed by atoms with E-state index in [2.05, 4.69) is 33.2 Å². The molecular weight excluding hydrogens is 256 g/mol. The first-order valence-corrected chi connectivity index (χ1v) is 7.88. The Hall–Kier alpha value is -1.20. The van der Waals surface area contributed by atoms with Gasteiger partial charge in [0.2, 0.25) is 0 Å². The second-order valence-corrected chi connectivity index (χ2v) is 6.01. The molecule has 3 rings (SSSR count). The van der Waals surface area contributed by atoms with Crippen LogP contribution in [0.4, 0.5) is 5.82 Å². The molecule has 2 atom stereocenters. The molecule has 2 aromatic heterocycles. The van der Waals surface area contributed by atoms with Crippen molar-refractivity contribution in [1.82, 2.24) is 9.97 Å². The average Bonchev–Trinajstić information content (AvgIpc) is 3.08. The average molecular weight is 276 g/mol. The zero-order chi connectivity index (χ0) is 13.2. The van der Waals surface area contributed by atoms with E-state index in [1.165, 1.54) is 24.6 Å². The summed E-state index contributed by atoms with van der Waals surface area (Å²) in [5.41, 5.74) is 5.93. The van der Waals surface area contributed by atoms with E-state index < -0.39 is 0 Å². The van der Waals surface area contributed by atoms with Crippen LogP contribution in [0.15, 0.2) is 17.8 Å². The highest BCUT2D eigenvalue weighted by atomic mass is 32.1. The predicted molar refractivity (Wildman–Crippen MR) is 80.6 cm³/mol. The standard InChI is InChI=1S/C14H20N4S/c1-2-18(12-5-3-4-10(12)8-15)13-11-6-7-19-14(11)17-9-16-13/h6-7,9-10,12H,2-5,8,15H2,1H3. The van der Waals surface area contributed by atoms with Crippen LogP contribution < -0.4 is 10.6 Å². The number of thiophene rings is 1. The lowest BCUT2D eigenvalue weighted by molar-refractivity contribution is 0.460. The Bertz CT molecular complexity index is 553. The molecule has 0 radical (unpaired) electrons. The summed E-state index contributed by atoms with van der Waals surface area (Å²) in [5, 5.41) is 3.27. The van der Waals surface area contributed by atoms with Crippen LogP contribution in [-0.4, -0.2) is 29.1 Å². The fraction of sp³-hybridized carbons (Fsp3) is 0.571. The Balaban J connectivity index is 2.00. The number of nitrogens with zero attached hydrogens (tertiary/aromatic N) is 3. The monoisotopic (exact) mass is 276 g/mol. The van der Waals surface area contributed by atoms with Crippen molar-refractivity contribution in [3.05, 3.63) is 17.8 Å². The van der Waals surface area contributed by atoms with Gasteiger partial charge in [0.15, 0.2) is 0 Å². The van der Waals surface area contributed by atoms with E-state index >= 15 is 0 Å². The fourth-order valence-electron chi connectivity index (χ4n) is 3.25. The molecular formula is C14H20N4S. The summed E-state index contributed by atoms with van der Waals surface area (Å²) in [7, 11) is 0. The molecule has 0 bridgehead atoms. The molecule has 4 nitrogen and oxygen atoms in total. The molecule has 102 valence electrons. The van der Waals surface area contributed by atoms with Gasteiger partial charge in [-0.2, -0.15) is 0 Å². The van der Waals surface area contributed by atoms with E-state index in [4.69, 9.17) is 5.73 Å². The minimum absolute atomic E-state index is 0.535. The van der Waals surface area contributed by atoms with Crippen LogP contribution in [-0.2, 0) is 0 Å². The van der Waals surface area contributed by atoms with Crippen LogP contribution in [0, 0.1) is 5.92 Å². The maximum Gasteiger partial charge on any atom is 0.141 e. The van der Waals surface area contributed by atoms with E-state index in [1.807, 2.05) is 0 Å². The smallest absolute Gasteiger partial charge is 0.141 e. The highest BCUT2D eigenvalue weighted by Crippen LogP contribution is 2.35. The summed E-state index contributed by atoms with van der Waals surface area (Å²) in [6, 6.07) is 2.66.